The quantitative estimate of drug-likeness (QED) is 0.564. The molecule has 0 fully saturated rings. The predicted molar refractivity (Wildman–Crippen MR) is 95.6 cm³/mol. The zero-order valence-corrected chi connectivity index (χ0v) is 15.4. The minimum Gasteiger partial charge on any atom is -0.484 e. The SMILES string of the molecule is CN=C(NCc1cc(C(C)C)no1)NCc1ccccc1OCC(F)(F)F. The van der Waals surface area contributed by atoms with Crippen molar-refractivity contribution in [2.45, 2.75) is 39.0 Å². The molecule has 2 aromatic rings. The van der Waals surface area contributed by atoms with Crippen LogP contribution in [0, 0.1) is 0 Å². The van der Waals surface area contributed by atoms with Crippen molar-refractivity contribution in [1.29, 1.82) is 0 Å². The van der Waals surface area contributed by atoms with Crippen LogP contribution in [0.2, 0.25) is 0 Å². The van der Waals surface area contributed by atoms with E-state index in [1.807, 2.05) is 19.9 Å². The Labute approximate surface area is 155 Å². The Morgan fingerprint density at radius 3 is 2.56 bits per heavy atom. The highest BCUT2D eigenvalue weighted by atomic mass is 19.4. The smallest absolute Gasteiger partial charge is 0.422 e. The molecule has 1 aromatic carbocycles. The van der Waals surface area contributed by atoms with E-state index < -0.39 is 12.8 Å². The van der Waals surface area contributed by atoms with Crippen molar-refractivity contribution < 1.29 is 22.4 Å². The van der Waals surface area contributed by atoms with Gasteiger partial charge in [0.1, 0.15) is 5.75 Å². The van der Waals surface area contributed by atoms with Gasteiger partial charge in [-0.15, -0.1) is 0 Å². The number of nitrogens with one attached hydrogen (secondary N) is 2. The molecule has 0 unspecified atom stereocenters. The van der Waals surface area contributed by atoms with Gasteiger partial charge in [0, 0.05) is 25.2 Å². The lowest BCUT2D eigenvalue weighted by Crippen LogP contribution is -2.36. The molecule has 2 rings (SSSR count). The van der Waals surface area contributed by atoms with E-state index in [1.165, 1.54) is 6.07 Å². The van der Waals surface area contributed by atoms with Crippen LogP contribution in [0.3, 0.4) is 0 Å². The second-order valence-electron chi connectivity index (χ2n) is 6.16. The summed E-state index contributed by atoms with van der Waals surface area (Å²) in [5.41, 5.74) is 1.46. The number of guanidine groups is 1. The van der Waals surface area contributed by atoms with Crippen LogP contribution in [0.15, 0.2) is 39.8 Å². The topological polar surface area (TPSA) is 71.7 Å². The van der Waals surface area contributed by atoms with E-state index in [0.29, 0.717) is 23.8 Å². The van der Waals surface area contributed by atoms with E-state index in [9.17, 15) is 13.2 Å². The molecular formula is C18H23F3N4O2. The third-order valence-corrected chi connectivity index (χ3v) is 3.63. The van der Waals surface area contributed by atoms with E-state index in [4.69, 9.17) is 9.26 Å². The van der Waals surface area contributed by atoms with Crippen LogP contribution in [0.1, 0.15) is 36.8 Å². The maximum absolute atomic E-state index is 12.4. The van der Waals surface area contributed by atoms with Crippen LogP contribution in [0.5, 0.6) is 5.75 Å². The maximum Gasteiger partial charge on any atom is 0.422 e. The van der Waals surface area contributed by atoms with E-state index in [-0.39, 0.29) is 18.2 Å². The van der Waals surface area contributed by atoms with Crippen LogP contribution >= 0.6 is 0 Å². The number of halogens is 3. The van der Waals surface area contributed by atoms with E-state index in [0.717, 1.165) is 5.69 Å². The second-order valence-corrected chi connectivity index (χ2v) is 6.16. The summed E-state index contributed by atoms with van der Waals surface area (Å²) < 4.78 is 47.2. The van der Waals surface area contributed by atoms with Gasteiger partial charge < -0.3 is 19.9 Å². The first-order chi connectivity index (χ1) is 12.8. The molecule has 0 aliphatic carbocycles. The molecule has 0 bridgehead atoms. The minimum absolute atomic E-state index is 0.176. The first-order valence-electron chi connectivity index (χ1n) is 8.46. The van der Waals surface area contributed by atoms with Crippen molar-refractivity contribution in [3.63, 3.8) is 0 Å². The van der Waals surface area contributed by atoms with Gasteiger partial charge in [-0.1, -0.05) is 37.2 Å². The van der Waals surface area contributed by atoms with Crippen LogP contribution in [-0.4, -0.2) is 30.9 Å². The molecule has 1 aromatic heterocycles. The van der Waals surface area contributed by atoms with E-state index in [1.54, 1.807) is 25.2 Å². The summed E-state index contributed by atoms with van der Waals surface area (Å²) >= 11 is 0. The number of para-hydroxylation sites is 1. The van der Waals surface area contributed by atoms with Crippen LogP contribution < -0.4 is 15.4 Å². The molecule has 2 N–H and O–H groups in total. The monoisotopic (exact) mass is 384 g/mol. The van der Waals surface area contributed by atoms with Gasteiger partial charge in [0.05, 0.1) is 12.2 Å². The molecule has 0 spiro atoms. The Kier molecular flexibility index (Phi) is 7.09. The summed E-state index contributed by atoms with van der Waals surface area (Å²) in [5.74, 6) is 1.58. The average molecular weight is 384 g/mol. The number of hydrogen-bond donors (Lipinski definition) is 2. The lowest BCUT2D eigenvalue weighted by atomic mass is 10.1. The Hall–Kier alpha value is -2.71. The molecule has 0 atom stereocenters. The van der Waals surface area contributed by atoms with Gasteiger partial charge in [-0.05, 0) is 12.0 Å². The molecule has 27 heavy (non-hydrogen) atoms. The number of benzene rings is 1. The maximum atomic E-state index is 12.4. The summed E-state index contributed by atoms with van der Waals surface area (Å²) in [6.45, 7) is 3.34. The zero-order chi connectivity index (χ0) is 19.9. The Balaban J connectivity index is 1.90. The van der Waals surface area contributed by atoms with Gasteiger partial charge >= 0.3 is 6.18 Å². The number of ether oxygens (including phenoxy) is 1. The molecule has 0 amide bonds. The first kappa shape index (κ1) is 20.6. The molecule has 148 valence electrons. The van der Waals surface area contributed by atoms with Crippen molar-refractivity contribution in [1.82, 2.24) is 15.8 Å². The highest BCUT2D eigenvalue weighted by Crippen LogP contribution is 2.22. The minimum atomic E-state index is -4.38. The fourth-order valence-corrected chi connectivity index (χ4v) is 2.21. The van der Waals surface area contributed by atoms with Crippen molar-refractivity contribution in [3.8, 4) is 5.75 Å². The molecule has 0 saturated heterocycles. The largest absolute Gasteiger partial charge is 0.484 e. The highest BCUT2D eigenvalue weighted by Gasteiger charge is 2.28. The summed E-state index contributed by atoms with van der Waals surface area (Å²) in [7, 11) is 1.60. The molecule has 6 nitrogen and oxygen atoms in total. The van der Waals surface area contributed by atoms with Crippen LogP contribution in [0.4, 0.5) is 13.2 Å². The molecule has 0 radical (unpaired) electrons. The van der Waals surface area contributed by atoms with Gasteiger partial charge in [-0.25, -0.2) is 0 Å². The van der Waals surface area contributed by atoms with Gasteiger partial charge in [-0.2, -0.15) is 13.2 Å². The summed E-state index contributed by atoms with van der Waals surface area (Å²) in [4.78, 5) is 4.09. The van der Waals surface area contributed by atoms with Crippen molar-refractivity contribution in [3.05, 3.63) is 47.3 Å². The van der Waals surface area contributed by atoms with Gasteiger partial charge in [0.25, 0.3) is 0 Å². The van der Waals surface area contributed by atoms with Crippen molar-refractivity contribution in [2.24, 2.45) is 4.99 Å². The van der Waals surface area contributed by atoms with Crippen LogP contribution in [-0.2, 0) is 13.1 Å². The summed E-state index contributed by atoms with van der Waals surface area (Å²) in [6, 6.07) is 8.41. The molecule has 1 heterocycles. The Morgan fingerprint density at radius 1 is 1.22 bits per heavy atom. The third-order valence-electron chi connectivity index (χ3n) is 3.63. The third kappa shape index (κ3) is 6.84. The van der Waals surface area contributed by atoms with Gasteiger partial charge in [0.2, 0.25) is 0 Å². The van der Waals surface area contributed by atoms with Gasteiger partial charge in [0.15, 0.2) is 18.3 Å². The number of rotatable bonds is 7. The number of hydrogen-bond acceptors (Lipinski definition) is 4. The number of aliphatic imine (C=N–C) groups is 1. The molecule has 0 saturated carbocycles. The van der Waals surface area contributed by atoms with Crippen LogP contribution in [0.25, 0.3) is 0 Å². The van der Waals surface area contributed by atoms with Crippen molar-refractivity contribution in [2.75, 3.05) is 13.7 Å². The fourth-order valence-electron chi connectivity index (χ4n) is 2.21. The van der Waals surface area contributed by atoms with E-state index >= 15 is 0 Å². The second kappa shape index (κ2) is 9.29. The molecule has 9 heteroatoms. The van der Waals surface area contributed by atoms with Crippen molar-refractivity contribution >= 4 is 5.96 Å². The zero-order valence-electron chi connectivity index (χ0n) is 15.4. The predicted octanol–water partition coefficient (Wildman–Crippen LogP) is 3.60. The molecule has 0 aliphatic heterocycles. The fraction of sp³-hybridized carbons (Fsp3) is 0.444. The molecule has 0 aliphatic rings. The Morgan fingerprint density at radius 2 is 1.93 bits per heavy atom. The number of nitrogens with zero attached hydrogens (tertiary/aromatic N) is 2. The lowest BCUT2D eigenvalue weighted by molar-refractivity contribution is -0.153. The summed E-state index contributed by atoms with van der Waals surface area (Å²) in [6.07, 6.45) is -4.38. The average Bonchev–Trinajstić information content (AvgIpc) is 3.09. The summed E-state index contributed by atoms with van der Waals surface area (Å²) in [5, 5.41) is 10.1. The highest BCUT2D eigenvalue weighted by molar-refractivity contribution is 5.79. The van der Waals surface area contributed by atoms with E-state index in [2.05, 4.69) is 20.8 Å². The standard InChI is InChI=1S/C18H23F3N4O2/c1-12(2)15-8-14(27-25-15)10-24-17(22-3)23-9-13-6-4-5-7-16(13)26-11-18(19,20)21/h4-8,12H,9-11H2,1-3H3,(H2,22,23,24). The number of aromatic nitrogens is 1. The molecular weight excluding hydrogens is 361 g/mol. The first-order valence-corrected chi connectivity index (χ1v) is 8.46. The van der Waals surface area contributed by atoms with Gasteiger partial charge in [-0.3, -0.25) is 4.99 Å². The lowest BCUT2D eigenvalue weighted by Gasteiger charge is -2.15. The Bertz CT molecular complexity index is 757. The normalized spacial score (nSPS) is 12.3. The number of alkyl halides is 3.